The highest BCUT2D eigenvalue weighted by Gasteiger charge is 2.34. The largest absolute Gasteiger partial charge is 0.347 e. The summed E-state index contributed by atoms with van der Waals surface area (Å²) in [5, 5.41) is 0. The maximum absolute atomic E-state index is 6.41. The van der Waals surface area contributed by atoms with Gasteiger partial charge in [-0.2, -0.15) is 0 Å². The van der Waals surface area contributed by atoms with Crippen LogP contribution in [0.25, 0.3) is 0 Å². The molecule has 0 aromatic carbocycles. The third-order valence-corrected chi connectivity index (χ3v) is 7.76. The van der Waals surface area contributed by atoms with Crippen LogP contribution in [0.3, 0.4) is 0 Å². The first kappa shape index (κ1) is 36.9. The van der Waals surface area contributed by atoms with Crippen molar-refractivity contribution in [1.82, 2.24) is 4.90 Å². The lowest BCUT2D eigenvalue weighted by Crippen LogP contribution is -2.22. The molecule has 1 rings (SSSR count). The molecule has 0 N–H and O–H groups in total. The van der Waals surface area contributed by atoms with Gasteiger partial charge in [0, 0.05) is 13.0 Å². The Labute approximate surface area is 250 Å². The summed E-state index contributed by atoms with van der Waals surface area (Å²) in [7, 11) is 4.25. The first-order chi connectivity index (χ1) is 19.7. The standard InChI is InChI=1S/C37H67NO2/c1-5-7-9-11-13-15-17-19-21-23-25-27-29-31-35-36(40-37(39-35)33-34-38(3)4)32-30-28-26-24-22-20-18-16-14-12-10-8-6-2/h13-16,19-22,35-37H,5-12,17-18,23-34H2,1-4H3/b15-13-,16-14-,21-19-,22-20-. The van der Waals surface area contributed by atoms with Crippen molar-refractivity contribution in [3.8, 4) is 0 Å². The van der Waals surface area contributed by atoms with Gasteiger partial charge in [0.15, 0.2) is 6.29 Å². The highest BCUT2D eigenvalue weighted by atomic mass is 16.7. The maximum atomic E-state index is 6.41. The van der Waals surface area contributed by atoms with E-state index in [-0.39, 0.29) is 18.5 Å². The lowest BCUT2D eigenvalue weighted by Gasteiger charge is -2.16. The average Bonchev–Trinajstić information content (AvgIpc) is 3.34. The second kappa shape index (κ2) is 28.0. The summed E-state index contributed by atoms with van der Waals surface area (Å²) in [6.45, 7) is 5.55. The number of hydrogen-bond acceptors (Lipinski definition) is 3. The van der Waals surface area contributed by atoms with E-state index in [1.165, 1.54) is 103 Å². The van der Waals surface area contributed by atoms with E-state index in [9.17, 15) is 0 Å². The van der Waals surface area contributed by atoms with E-state index < -0.39 is 0 Å². The molecular weight excluding hydrogens is 490 g/mol. The van der Waals surface area contributed by atoms with Crippen LogP contribution in [-0.4, -0.2) is 44.0 Å². The molecule has 0 aliphatic carbocycles. The number of hydrogen-bond donors (Lipinski definition) is 0. The molecule has 0 aromatic rings. The molecule has 1 saturated heterocycles. The number of unbranched alkanes of at least 4 members (excludes halogenated alkanes) is 12. The Morgan fingerprint density at radius 3 is 1.25 bits per heavy atom. The SMILES string of the molecule is CCCCC/C=C\C/C=C\CCCCCC1OC(CCN(C)C)OC1CCCCC/C=C\C/C=C\CCCCC. The molecule has 1 aliphatic heterocycles. The monoisotopic (exact) mass is 558 g/mol. The molecule has 3 heteroatoms. The molecule has 232 valence electrons. The Morgan fingerprint density at radius 2 is 0.875 bits per heavy atom. The van der Waals surface area contributed by atoms with E-state index >= 15 is 0 Å². The minimum atomic E-state index is -0.0201. The first-order valence-electron chi connectivity index (χ1n) is 17.2. The van der Waals surface area contributed by atoms with Crippen LogP contribution in [0.2, 0.25) is 0 Å². The summed E-state index contributed by atoms with van der Waals surface area (Å²) in [6.07, 6.45) is 45.2. The quantitative estimate of drug-likeness (QED) is 0.0740. The third kappa shape index (κ3) is 22.5. The van der Waals surface area contributed by atoms with Crippen LogP contribution in [0, 0.1) is 0 Å². The van der Waals surface area contributed by atoms with E-state index in [0.29, 0.717) is 0 Å². The molecule has 1 fully saturated rings. The molecule has 0 saturated carbocycles. The second-order valence-electron chi connectivity index (χ2n) is 12.0. The van der Waals surface area contributed by atoms with E-state index in [1.54, 1.807) is 0 Å². The topological polar surface area (TPSA) is 21.7 Å². The van der Waals surface area contributed by atoms with Gasteiger partial charge in [-0.3, -0.25) is 0 Å². The van der Waals surface area contributed by atoms with Gasteiger partial charge in [-0.1, -0.05) is 114 Å². The second-order valence-corrected chi connectivity index (χ2v) is 12.0. The normalized spacial score (nSPS) is 20.1. The fourth-order valence-electron chi connectivity index (χ4n) is 5.21. The molecule has 1 heterocycles. The van der Waals surface area contributed by atoms with Gasteiger partial charge >= 0.3 is 0 Å². The van der Waals surface area contributed by atoms with Crippen LogP contribution >= 0.6 is 0 Å². The molecule has 2 atom stereocenters. The minimum Gasteiger partial charge on any atom is -0.347 e. The number of nitrogens with zero attached hydrogens (tertiary/aromatic N) is 1. The van der Waals surface area contributed by atoms with Gasteiger partial charge < -0.3 is 14.4 Å². The van der Waals surface area contributed by atoms with Crippen molar-refractivity contribution in [2.24, 2.45) is 0 Å². The summed E-state index contributed by atoms with van der Waals surface area (Å²) >= 11 is 0. The lowest BCUT2D eigenvalue weighted by atomic mass is 10.00. The molecule has 0 bridgehead atoms. The van der Waals surface area contributed by atoms with Crippen LogP contribution in [0.1, 0.15) is 149 Å². The zero-order chi connectivity index (χ0) is 28.9. The van der Waals surface area contributed by atoms with Crippen molar-refractivity contribution in [1.29, 1.82) is 0 Å². The Balaban J connectivity index is 2.19. The van der Waals surface area contributed by atoms with Crippen molar-refractivity contribution < 1.29 is 9.47 Å². The summed E-state index contributed by atoms with van der Waals surface area (Å²) in [5.74, 6) is 0. The van der Waals surface area contributed by atoms with E-state index in [0.717, 1.165) is 38.6 Å². The molecule has 40 heavy (non-hydrogen) atoms. The van der Waals surface area contributed by atoms with Crippen molar-refractivity contribution in [2.75, 3.05) is 20.6 Å². The fourth-order valence-corrected chi connectivity index (χ4v) is 5.21. The fraction of sp³-hybridized carbons (Fsp3) is 0.784. The van der Waals surface area contributed by atoms with E-state index in [2.05, 4.69) is 81.5 Å². The zero-order valence-electron chi connectivity index (χ0n) is 27.2. The van der Waals surface area contributed by atoms with Crippen LogP contribution < -0.4 is 0 Å². The zero-order valence-corrected chi connectivity index (χ0v) is 27.2. The van der Waals surface area contributed by atoms with Gasteiger partial charge in [0.05, 0.1) is 12.2 Å². The van der Waals surface area contributed by atoms with E-state index in [4.69, 9.17) is 9.47 Å². The highest BCUT2D eigenvalue weighted by Crippen LogP contribution is 2.29. The lowest BCUT2D eigenvalue weighted by molar-refractivity contribution is -0.0743. The van der Waals surface area contributed by atoms with E-state index in [1.807, 2.05) is 0 Å². The summed E-state index contributed by atoms with van der Waals surface area (Å²) in [5.41, 5.74) is 0. The summed E-state index contributed by atoms with van der Waals surface area (Å²) in [4.78, 5) is 2.22. The summed E-state index contributed by atoms with van der Waals surface area (Å²) in [6, 6.07) is 0. The van der Waals surface area contributed by atoms with Crippen LogP contribution in [0.15, 0.2) is 48.6 Å². The van der Waals surface area contributed by atoms with Gasteiger partial charge in [-0.05, 0) is 91.1 Å². The van der Waals surface area contributed by atoms with Gasteiger partial charge in [0.2, 0.25) is 0 Å². The summed E-state index contributed by atoms with van der Waals surface area (Å²) < 4.78 is 12.8. The Kier molecular flexibility index (Phi) is 25.8. The molecule has 0 amide bonds. The predicted molar refractivity (Wildman–Crippen MR) is 177 cm³/mol. The molecule has 2 unspecified atom stereocenters. The van der Waals surface area contributed by atoms with Gasteiger partial charge in [0.25, 0.3) is 0 Å². The molecule has 1 aliphatic rings. The first-order valence-corrected chi connectivity index (χ1v) is 17.2. The molecule has 0 aromatic heterocycles. The van der Waals surface area contributed by atoms with Gasteiger partial charge in [-0.25, -0.2) is 0 Å². The van der Waals surface area contributed by atoms with Gasteiger partial charge in [0.1, 0.15) is 0 Å². The molecule has 0 spiro atoms. The maximum Gasteiger partial charge on any atom is 0.159 e. The van der Waals surface area contributed by atoms with Crippen LogP contribution in [0.4, 0.5) is 0 Å². The molecular formula is C37H67NO2. The third-order valence-electron chi connectivity index (χ3n) is 7.76. The van der Waals surface area contributed by atoms with Crippen LogP contribution in [0.5, 0.6) is 0 Å². The van der Waals surface area contributed by atoms with Gasteiger partial charge in [-0.15, -0.1) is 0 Å². The predicted octanol–water partition coefficient (Wildman–Crippen LogP) is 11.1. The molecule has 0 radical (unpaired) electrons. The number of rotatable bonds is 27. The van der Waals surface area contributed by atoms with Crippen LogP contribution in [-0.2, 0) is 9.47 Å². The highest BCUT2D eigenvalue weighted by molar-refractivity contribution is 4.93. The average molecular weight is 558 g/mol. The Hall–Kier alpha value is -1.16. The Morgan fingerprint density at radius 1 is 0.475 bits per heavy atom. The Bertz CT molecular complexity index is 601. The smallest absolute Gasteiger partial charge is 0.159 e. The number of allylic oxidation sites excluding steroid dienone is 8. The van der Waals surface area contributed by atoms with Crippen molar-refractivity contribution in [2.45, 2.75) is 167 Å². The molecule has 3 nitrogen and oxygen atoms in total. The number of ether oxygens (including phenoxy) is 2. The van der Waals surface area contributed by atoms with Crippen molar-refractivity contribution in [3.63, 3.8) is 0 Å². The van der Waals surface area contributed by atoms with Crippen molar-refractivity contribution >= 4 is 0 Å². The van der Waals surface area contributed by atoms with Crippen molar-refractivity contribution in [3.05, 3.63) is 48.6 Å². The minimum absolute atomic E-state index is 0.0201.